The highest BCUT2D eigenvalue weighted by Gasteiger charge is 2.19. The summed E-state index contributed by atoms with van der Waals surface area (Å²) in [4.78, 5) is 11.4. The van der Waals surface area contributed by atoms with E-state index in [1.54, 1.807) is 32.2 Å². The summed E-state index contributed by atoms with van der Waals surface area (Å²) in [6.07, 6.45) is -0.526. The normalized spacial score (nSPS) is 11.1. The summed E-state index contributed by atoms with van der Waals surface area (Å²) in [5, 5.41) is 22.4. The third-order valence-corrected chi connectivity index (χ3v) is 2.84. The van der Waals surface area contributed by atoms with Crippen LogP contribution < -0.4 is 10.1 Å². The van der Waals surface area contributed by atoms with Crippen molar-refractivity contribution in [1.29, 1.82) is 0 Å². The number of alkyl carbamates (subject to hydrolysis) is 1. The highest BCUT2D eigenvalue weighted by atomic mass is 32.1. The lowest BCUT2D eigenvalue weighted by Gasteiger charge is -2.19. The van der Waals surface area contributed by atoms with Gasteiger partial charge in [-0.15, -0.1) is 0 Å². The van der Waals surface area contributed by atoms with Gasteiger partial charge in [-0.1, -0.05) is 0 Å². The molecule has 0 unspecified atom stereocenters. The van der Waals surface area contributed by atoms with Gasteiger partial charge in [-0.25, -0.2) is 4.79 Å². The third-order valence-electron chi connectivity index (χ3n) is 1.84. The number of carbonyl (C=O) groups is 1. The molecule has 1 rings (SSSR count). The van der Waals surface area contributed by atoms with E-state index in [0.29, 0.717) is 10.3 Å². The average Bonchev–Trinajstić information content (AvgIpc) is 2.59. The lowest BCUT2D eigenvalue weighted by Crippen LogP contribution is -2.35. The molecule has 0 spiro atoms. The van der Waals surface area contributed by atoms with Gasteiger partial charge in [-0.2, -0.15) is 11.3 Å². The highest BCUT2D eigenvalue weighted by molar-refractivity contribution is 7.20. The molecule has 0 aliphatic rings. The molecule has 1 aromatic heterocycles. The van der Waals surface area contributed by atoms with Gasteiger partial charge in [0.25, 0.3) is 0 Å². The first-order valence-corrected chi connectivity index (χ1v) is 6.07. The van der Waals surface area contributed by atoms with Crippen LogP contribution in [0.4, 0.5) is 4.79 Å². The molecule has 7 heteroatoms. The molecule has 1 amide bonds. The van der Waals surface area contributed by atoms with Crippen LogP contribution in [0, 0.1) is 0 Å². The van der Waals surface area contributed by atoms with Crippen LogP contribution in [0.25, 0.3) is 0 Å². The maximum Gasteiger partial charge on any atom is 0.499 e. The average molecular weight is 257 g/mol. The fraction of sp³-hybridized carbons (Fsp3) is 0.500. The van der Waals surface area contributed by atoms with Crippen molar-refractivity contribution < 1.29 is 19.6 Å². The summed E-state index contributed by atoms with van der Waals surface area (Å²) in [6.45, 7) is 5.55. The summed E-state index contributed by atoms with van der Waals surface area (Å²) < 4.78 is 5.50. The Morgan fingerprint density at radius 2 is 2.18 bits per heavy atom. The van der Waals surface area contributed by atoms with E-state index in [9.17, 15) is 4.79 Å². The van der Waals surface area contributed by atoms with Gasteiger partial charge in [-0.05, 0) is 37.8 Å². The van der Waals surface area contributed by atoms with Gasteiger partial charge in [-0.3, -0.25) is 0 Å². The Morgan fingerprint density at radius 3 is 2.71 bits per heavy atom. The molecule has 0 saturated heterocycles. The van der Waals surface area contributed by atoms with Crippen molar-refractivity contribution in [3.05, 3.63) is 17.0 Å². The summed E-state index contributed by atoms with van der Waals surface area (Å²) in [6, 6.07) is 1.73. The van der Waals surface area contributed by atoms with E-state index in [-0.39, 0.29) is 6.54 Å². The zero-order valence-corrected chi connectivity index (χ0v) is 10.9. The van der Waals surface area contributed by atoms with E-state index in [4.69, 9.17) is 14.8 Å². The monoisotopic (exact) mass is 257 g/mol. The molecule has 0 saturated carbocycles. The number of thiophene rings is 1. The molecule has 5 nitrogen and oxygen atoms in total. The van der Waals surface area contributed by atoms with Crippen molar-refractivity contribution in [3.8, 4) is 0 Å². The van der Waals surface area contributed by atoms with Gasteiger partial charge in [0.15, 0.2) is 0 Å². The van der Waals surface area contributed by atoms with Crippen molar-refractivity contribution in [2.75, 3.05) is 0 Å². The Labute approximate surface area is 105 Å². The Balaban J connectivity index is 2.50. The fourth-order valence-corrected chi connectivity index (χ4v) is 1.99. The molecule has 0 aliphatic carbocycles. The van der Waals surface area contributed by atoms with Gasteiger partial charge < -0.3 is 20.1 Å². The molecule has 17 heavy (non-hydrogen) atoms. The summed E-state index contributed by atoms with van der Waals surface area (Å²) in [7, 11) is -1.51. The van der Waals surface area contributed by atoms with Gasteiger partial charge in [0.1, 0.15) is 5.60 Å². The number of ether oxygens (including phenoxy) is 1. The fourth-order valence-electron chi connectivity index (χ4n) is 1.20. The van der Waals surface area contributed by atoms with E-state index >= 15 is 0 Å². The molecular weight excluding hydrogens is 241 g/mol. The summed E-state index contributed by atoms with van der Waals surface area (Å²) in [5.41, 5.74) is 0.133. The van der Waals surface area contributed by atoms with Crippen LogP contribution in [0.3, 0.4) is 0 Å². The van der Waals surface area contributed by atoms with E-state index in [1.807, 2.05) is 0 Å². The molecule has 94 valence electrons. The topological polar surface area (TPSA) is 78.8 Å². The lowest BCUT2D eigenvalue weighted by atomic mass is 9.86. The first kappa shape index (κ1) is 14.0. The molecule has 0 atom stereocenters. The van der Waals surface area contributed by atoms with Crippen molar-refractivity contribution in [1.82, 2.24) is 5.32 Å². The molecule has 0 aliphatic heterocycles. The maximum absolute atomic E-state index is 11.4. The van der Waals surface area contributed by atoms with Gasteiger partial charge in [0.05, 0.1) is 0 Å². The first-order valence-electron chi connectivity index (χ1n) is 5.19. The predicted molar refractivity (Wildman–Crippen MR) is 67.2 cm³/mol. The molecule has 0 bridgehead atoms. The van der Waals surface area contributed by atoms with E-state index in [1.165, 1.54) is 11.3 Å². The van der Waals surface area contributed by atoms with Crippen LogP contribution in [-0.2, 0) is 11.3 Å². The second-order valence-electron chi connectivity index (χ2n) is 4.54. The molecule has 0 fully saturated rings. The standard InChI is InChI=1S/C10H16BNO4S/c1-10(2,3)16-9(13)12-6-7-4-5-17-8(7)11(14)15/h4-5,14-15H,6H2,1-3H3,(H,12,13). The minimum absolute atomic E-state index is 0.214. The summed E-state index contributed by atoms with van der Waals surface area (Å²) in [5.74, 6) is 0. The van der Waals surface area contributed by atoms with Crippen molar-refractivity contribution in [2.24, 2.45) is 0 Å². The number of amides is 1. The van der Waals surface area contributed by atoms with E-state index in [2.05, 4.69) is 5.32 Å². The quantitative estimate of drug-likeness (QED) is 0.687. The minimum atomic E-state index is -1.51. The highest BCUT2D eigenvalue weighted by Crippen LogP contribution is 2.08. The SMILES string of the molecule is CC(C)(C)OC(=O)NCc1ccsc1B(O)O. The largest absolute Gasteiger partial charge is 0.499 e. The van der Waals surface area contributed by atoms with Crippen molar-refractivity contribution >= 4 is 29.3 Å². The zero-order valence-electron chi connectivity index (χ0n) is 10.1. The van der Waals surface area contributed by atoms with Crippen molar-refractivity contribution in [3.63, 3.8) is 0 Å². The van der Waals surface area contributed by atoms with Gasteiger partial charge in [0, 0.05) is 11.3 Å². The lowest BCUT2D eigenvalue weighted by molar-refractivity contribution is 0.0523. The molecule has 1 heterocycles. The Morgan fingerprint density at radius 1 is 1.53 bits per heavy atom. The Kier molecular flexibility index (Phi) is 4.56. The van der Waals surface area contributed by atoms with Crippen molar-refractivity contribution in [2.45, 2.75) is 32.9 Å². The predicted octanol–water partition coefficient (Wildman–Crippen LogP) is 0.453. The smallest absolute Gasteiger partial charge is 0.444 e. The minimum Gasteiger partial charge on any atom is -0.444 e. The Hall–Kier alpha value is -1.05. The van der Waals surface area contributed by atoms with Crippen LogP contribution in [0.1, 0.15) is 26.3 Å². The number of hydrogen-bond donors (Lipinski definition) is 3. The van der Waals surface area contributed by atoms with Crippen LogP contribution >= 0.6 is 11.3 Å². The zero-order chi connectivity index (χ0) is 13.1. The van der Waals surface area contributed by atoms with Gasteiger partial charge in [0.2, 0.25) is 0 Å². The van der Waals surface area contributed by atoms with E-state index in [0.717, 1.165) is 0 Å². The molecule has 0 radical (unpaired) electrons. The molecule has 1 aromatic rings. The van der Waals surface area contributed by atoms with Crippen LogP contribution in [0.2, 0.25) is 0 Å². The number of carbonyl (C=O) groups excluding carboxylic acids is 1. The Bertz CT molecular complexity index is 386. The molecule has 3 N–H and O–H groups in total. The van der Waals surface area contributed by atoms with Crippen LogP contribution in [-0.4, -0.2) is 28.9 Å². The number of rotatable bonds is 3. The number of hydrogen-bond acceptors (Lipinski definition) is 5. The van der Waals surface area contributed by atoms with Gasteiger partial charge >= 0.3 is 13.2 Å². The maximum atomic E-state index is 11.4. The first-order chi connectivity index (χ1) is 7.79. The summed E-state index contributed by atoms with van der Waals surface area (Å²) >= 11 is 1.23. The van der Waals surface area contributed by atoms with E-state index < -0.39 is 18.8 Å². The molecule has 0 aromatic carbocycles. The van der Waals surface area contributed by atoms with Crippen LogP contribution in [0.15, 0.2) is 11.4 Å². The second-order valence-corrected chi connectivity index (χ2v) is 5.49. The number of nitrogens with one attached hydrogen (secondary N) is 1. The third kappa shape index (κ3) is 4.76. The molecular formula is C10H16BNO4S. The van der Waals surface area contributed by atoms with Crippen LogP contribution in [0.5, 0.6) is 0 Å². The second kappa shape index (κ2) is 5.53.